The van der Waals surface area contributed by atoms with Crippen LogP contribution in [0.2, 0.25) is 5.02 Å². The van der Waals surface area contributed by atoms with E-state index < -0.39 is 29.1 Å². The monoisotopic (exact) mass is 387 g/mol. The highest BCUT2D eigenvalue weighted by Gasteiger charge is 2.33. The standard InChI is InChI=1S/C18H14ClF4NO2/c19-14-8-11(18(21,22)23)4-5-15(14)24-7-6-10(9-24)12-2-1-3-13(16(12)20)17(25)26/h1-5,8,10H,6-7,9H2,(H,25,26). The summed E-state index contributed by atoms with van der Waals surface area (Å²) in [5, 5.41) is 9.00. The predicted molar refractivity (Wildman–Crippen MR) is 89.4 cm³/mol. The lowest BCUT2D eigenvalue weighted by Crippen LogP contribution is -2.20. The highest BCUT2D eigenvalue weighted by Crippen LogP contribution is 2.38. The van der Waals surface area contributed by atoms with Crippen LogP contribution in [0.3, 0.4) is 0 Å². The van der Waals surface area contributed by atoms with E-state index in [0.29, 0.717) is 25.2 Å². The van der Waals surface area contributed by atoms with E-state index in [-0.39, 0.29) is 16.5 Å². The maximum Gasteiger partial charge on any atom is 0.416 e. The fraction of sp³-hybridized carbons (Fsp3) is 0.278. The van der Waals surface area contributed by atoms with E-state index in [9.17, 15) is 22.4 Å². The minimum Gasteiger partial charge on any atom is -0.478 e. The predicted octanol–water partition coefficient (Wildman–Crippen LogP) is 5.19. The number of halogens is 5. The third kappa shape index (κ3) is 3.49. The third-order valence-electron chi connectivity index (χ3n) is 4.50. The summed E-state index contributed by atoms with van der Waals surface area (Å²) in [5.74, 6) is -2.39. The molecule has 3 rings (SSSR count). The Hall–Kier alpha value is -2.28. The van der Waals surface area contributed by atoms with Gasteiger partial charge in [-0.1, -0.05) is 23.7 Å². The van der Waals surface area contributed by atoms with Crippen molar-refractivity contribution in [2.45, 2.75) is 18.5 Å². The van der Waals surface area contributed by atoms with E-state index in [4.69, 9.17) is 16.7 Å². The van der Waals surface area contributed by atoms with Crippen LogP contribution in [0, 0.1) is 5.82 Å². The van der Waals surface area contributed by atoms with Gasteiger partial charge in [-0.3, -0.25) is 0 Å². The Kier molecular flexibility index (Phi) is 4.84. The van der Waals surface area contributed by atoms with Crippen molar-refractivity contribution in [1.82, 2.24) is 0 Å². The molecule has 1 aliphatic heterocycles. The van der Waals surface area contributed by atoms with E-state index in [1.54, 1.807) is 4.90 Å². The number of anilines is 1. The fourth-order valence-corrected chi connectivity index (χ4v) is 3.50. The summed E-state index contributed by atoms with van der Waals surface area (Å²) in [7, 11) is 0. The topological polar surface area (TPSA) is 40.5 Å². The Morgan fingerprint density at radius 1 is 1.23 bits per heavy atom. The molecular formula is C18H14ClF4NO2. The number of nitrogens with zero attached hydrogens (tertiary/aromatic N) is 1. The smallest absolute Gasteiger partial charge is 0.416 e. The summed E-state index contributed by atoms with van der Waals surface area (Å²) in [6.07, 6.45) is -3.94. The van der Waals surface area contributed by atoms with Crippen LogP contribution in [0.4, 0.5) is 23.2 Å². The van der Waals surface area contributed by atoms with Crippen molar-refractivity contribution in [2.24, 2.45) is 0 Å². The largest absolute Gasteiger partial charge is 0.478 e. The second-order valence-electron chi connectivity index (χ2n) is 6.11. The van der Waals surface area contributed by atoms with Gasteiger partial charge in [-0.25, -0.2) is 9.18 Å². The van der Waals surface area contributed by atoms with Gasteiger partial charge in [0.15, 0.2) is 0 Å². The van der Waals surface area contributed by atoms with Crippen molar-refractivity contribution >= 4 is 23.3 Å². The molecule has 138 valence electrons. The van der Waals surface area contributed by atoms with E-state index in [1.165, 1.54) is 24.3 Å². The minimum absolute atomic E-state index is 0.0276. The van der Waals surface area contributed by atoms with Gasteiger partial charge in [0.1, 0.15) is 5.82 Å². The van der Waals surface area contributed by atoms with E-state index in [1.807, 2.05) is 0 Å². The molecule has 2 aromatic rings. The average molecular weight is 388 g/mol. The molecule has 26 heavy (non-hydrogen) atoms. The molecule has 1 aliphatic rings. The second kappa shape index (κ2) is 6.79. The van der Waals surface area contributed by atoms with Crippen molar-refractivity contribution in [3.05, 3.63) is 63.9 Å². The molecule has 1 fully saturated rings. The number of alkyl halides is 3. The Labute approximate surface area is 151 Å². The number of carboxylic acids is 1. The van der Waals surface area contributed by atoms with Gasteiger partial charge in [-0.05, 0) is 36.2 Å². The lowest BCUT2D eigenvalue weighted by atomic mass is 9.96. The van der Waals surface area contributed by atoms with Gasteiger partial charge >= 0.3 is 12.1 Å². The Balaban J connectivity index is 1.84. The summed E-state index contributed by atoms with van der Waals surface area (Å²) in [6, 6.07) is 7.34. The van der Waals surface area contributed by atoms with Gasteiger partial charge in [0.25, 0.3) is 0 Å². The Morgan fingerprint density at radius 3 is 2.58 bits per heavy atom. The maximum atomic E-state index is 14.4. The molecule has 1 N–H and O–H groups in total. The first kappa shape index (κ1) is 18.5. The van der Waals surface area contributed by atoms with Crippen LogP contribution in [0.25, 0.3) is 0 Å². The zero-order valence-electron chi connectivity index (χ0n) is 13.4. The minimum atomic E-state index is -4.48. The summed E-state index contributed by atoms with van der Waals surface area (Å²) < 4.78 is 52.7. The molecule has 1 heterocycles. The molecule has 0 aromatic heterocycles. The summed E-state index contributed by atoms with van der Waals surface area (Å²) >= 11 is 6.01. The summed E-state index contributed by atoms with van der Waals surface area (Å²) in [5.41, 5.74) is -0.497. The van der Waals surface area contributed by atoms with Crippen LogP contribution < -0.4 is 4.90 Å². The zero-order chi connectivity index (χ0) is 19.1. The van der Waals surface area contributed by atoms with Crippen molar-refractivity contribution in [3.63, 3.8) is 0 Å². The molecule has 1 unspecified atom stereocenters. The van der Waals surface area contributed by atoms with Crippen LogP contribution in [-0.4, -0.2) is 24.2 Å². The van der Waals surface area contributed by atoms with Gasteiger partial charge < -0.3 is 10.0 Å². The highest BCUT2D eigenvalue weighted by atomic mass is 35.5. The fourth-order valence-electron chi connectivity index (χ4n) is 3.20. The Morgan fingerprint density at radius 2 is 1.96 bits per heavy atom. The maximum absolute atomic E-state index is 14.4. The average Bonchev–Trinajstić information content (AvgIpc) is 3.03. The first-order chi connectivity index (χ1) is 12.2. The van der Waals surface area contributed by atoms with Crippen LogP contribution in [0.1, 0.15) is 33.8 Å². The highest BCUT2D eigenvalue weighted by molar-refractivity contribution is 6.33. The molecule has 1 atom stereocenters. The van der Waals surface area contributed by atoms with E-state index in [0.717, 1.165) is 12.1 Å². The van der Waals surface area contributed by atoms with Crippen LogP contribution in [0.5, 0.6) is 0 Å². The molecule has 1 saturated heterocycles. The number of carboxylic acid groups (broad SMARTS) is 1. The summed E-state index contributed by atoms with van der Waals surface area (Å²) in [4.78, 5) is 12.9. The molecule has 0 aliphatic carbocycles. The number of benzene rings is 2. The number of aromatic carboxylic acids is 1. The first-order valence-corrected chi connectivity index (χ1v) is 8.19. The molecular weight excluding hydrogens is 374 g/mol. The number of hydrogen-bond donors (Lipinski definition) is 1. The molecule has 3 nitrogen and oxygen atoms in total. The van der Waals surface area contributed by atoms with Crippen molar-refractivity contribution in [2.75, 3.05) is 18.0 Å². The quantitative estimate of drug-likeness (QED) is 0.737. The van der Waals surface area contributed by atoms with Crippen molar-refractivity contribution in [1.29, 1.82) is 0 Å². The third-order valence-corrected chi connectivity index (χ3v) is 4.81. The van der Waals surface area contributed by atoms with Crippen LogP contribution in [0.15, 0.2) is 36.4 Å². The Bertz CT molecular complexity index is 854. The van der Waals surface area contributed by atoms with Crippen LogP contribution >= 0.6 is 11.6 Å². The normalized spacial score (nSPS) is 17.6. The SMILES string of the molecule is O=C(O)c1cccc(C2CCN(c3ccc(C(F)(F)F)cc3Cl)C2)c1F. The molecule has 0 radical (unpaired) electrons. The number of hydrogen-bond acceptors (Lipinski definition) is 2. The number of carbonyl (C=O) groups is 1. The van der Waals surface area contributed by atoms with Crippen molar-refractivity contribution in [3.8, 4) is 0 Å². The second-order valence-corrected chi connectivity index (χ2v) is 6.52. The number of rotatable bonds is 3. The lowest BCUT2D eigenvalue weighted by Gasteiger charge is -2.21. The van der Waals surface area contributed by atoms with Gasteiger partial charge in [-0.2, -0.15) is 13.2 Å². The van der Waals surface area contributed by atoms with Crippen molar-refractivity contribution < 1.29 is 27.5 Å². The van der Waals surface area contributed by atoms with E-state index >= 15 is 0 Å². The van der Waals surface area contributed by atoms with Gasteiger partial charge in [0, 0.05) is 19.0 Å². The molecule has 0 saturated carbocycles. The summed E-state index contributed by atoms with van der Waals surface area (Å²) in [6.45, 7) is 0.817. The van der Waals surface area contributed by atoms with Crippen LogP contribution in [-0.2, 0) is 6.18 Å². The van der Waals surface area contributed by atoms with E-state index in [2.05, 4.69) is 0 Å². The first-order valence-electron chi connectivity index (χ1n) is 7.82. The zero-order valence-corrected chi connectivity index (χ0v) is 14.1. The van der Waals surface area contributed by atoms with Gasteiger partial charge in [0.05, 0.1) is 21.8 Å². The molecule has 0 bridgehead atoms. The lowest BCUT2D eigenvalue weighted by molar-refractivity contribution is -0.137. The van der Waals surface area contributed by atoms with Gasteiger partial charge in [0.2, 0.25) is 0 Å². The molecule has 2 aromatic carbocycles. The molecule has 8 heteroatoms. The van der Waals surface area contributed by atoms with Gasteiger partial charge in [-0.15, -0.1) is 0 Å². The molecule has 0 spiro atoms. The molecule has 0 amide bonds.